The number of thioether (sulfide) groups is 1. The van der Waals surface area contributed by atoms with E-state index in [1.165, 1.54) is 0 Å². The van der Waals surface area contributed by atoms with Gasteiger partial charge in [-0.2, -0.15) is 0 Å². The number of halogens is 1. The number of fused-ring (bicyclic) bond motifs is 1. The molecule has 2 unspecified atom stereocenters. The van der Waals surface area contributed by atoms with E-state index < -0.39 is 0 Å². The summed E-state index contributed by atoms with van der Waals surface area (Å²) in [6, 6.07) is 0. The Hall–Kier alpha value is -1.11. The van der Waals surface area contributed by atoms with Crippen LogP contribution in [0.25, 0.3) is 0 Å². The summed E-state index contributed by atoms with van der Waals surface area (Å²) in [5.41, 5.74) is 1.13. The van der Waals surface area contributed by atoms with Crippen molar-refractivity contribution in [3.8, 4) is 0 Å². The molecule has 0 spiro atoms. The van der Waals surface area contributed by atoms with Crippen molar-refractivity contribution in [3.05, 3.63) is 59.1 Å². The number of hydrogen-bond acceptors (Lipinski definition) is 5. The van der Waals surface area contributed by atoms with Gasteiger partial charge in [0, 0.05) is 23.4 Å². The summed E-state index contributed by atoms with van der Waals surface area (Å²) in [6.45, 7) is 8.34. The third-order valence-corrected chi connectivity index (χ3v) is 4.44. The Morgan fingerprint density at radius 3 is 3.25 bits per heavy atom. The van der Waals surface area contributed by atoms with E-state index in [9.17, 15) is 0 Å². The summed E-state index contributed by atoms with van der Waals surface area (Å²) >= 11 is 5.06. The lowest BCUT2D eigenvalue weighted by atomic mass is 10.3. The lowest BCUT2D eigenvalue weighted by molar-refractivity contribution is 0.325. The van der Waals surface area contributed by atoms with Gasteiger partial charge in [-0.3, -0.25) is 5.32 Å². The second-order valence-electron chi connectivity index (χ2n) is 4.23. The Kier molecular flexibility index (Phi) is 5.39. The van der Waals surface area contributed by atoms with E-state index in [2.05, 4.69) is 56.9 Å². The SMILES string of the molecule is C=CCNC(SC(=C)OC)C1=CNC2C=CC(Br)=CN12. The first kappa shape index (κ1) is 15.3. The summed E-state index contributed by atoms with van der Waals surface area (Å²) < 4.78 is 6.22. The number of allylic oxidation sites excluding steroid dienone is 2. The molecule has 0 aromatic heterocycles. The van der Waals surface area contributed by atoms with E-state index in [0.29, 0.717) is 11.6 Å². The molecular weight excluding hydrogens is 338 g/mol. The fourth-order valence-electron chi connectivity index (χ4n) is 1.94. The van der Waals surface area contributed by atoms with Crippen LogP contribution in [0.2, 0.25) is 0 Å². The zero-order valence-corrected chi connectivity index (χ0v) is 13.7. The predicted octanol–water partition coefficient (Wildman–Crippen LogP) is 2.82. The lowest BCUT2D eigenvalue weighted by Crippen LogP contribution is -2.38. The van der Waals surface area contributed by atoms with Gasteiger partial charge in [0.25, 0.3) is 0 Å². The molecule has 0 saturated heterocycles. The molecule has 0 aliphatic carbocycles. The average Bonchev–Trinajstić information content (AvgIpc) is 2.86. The molecule has 0 saturated carbocycles. The second-order valence-corrected chi connectivity index (χ2v) is 6.31. The Balaban J connectivity index is 2.13. The van der Waals surface area contributed by atoms with Gasteiger partial charge in [0.15, 0.2) is 0 Å². The first-order valence-corrected chi connectivity index (χ1v) is 7.86. The molecule has 20 heavy (non-hydrogen) atoms. The molecular formula is C14H18BrN3OS. The standard InChI is InChI=1S/C14H18BrN3OS/c1-4-7-16-14(20-10(2)19-3)12-8-17-13-6-5-11(15)9-18(12)13/h4-6,8-9,13-14,16-17H,1-2,7H2,3H3. The van der Waals surface area contributed by atoms with E-state index in [1.807, 2.05) is 18.4 Å². The van der Waals surface area contributed by atoms with Crippen LogP contribution in [0.5, 0.6) is 0 Å². The zero-order valence-electron chi connectivity index (χ0n) is 11.3. The predicted molar refractivity (Wildman–Crippen MR) is 88.7 cm³/mol. The fraction of sp³-hybridized carbons (Fsp3) is 0.286. The van der Waals surface area contributed by atoms with Gasteiger partial charge in [0.05, 0.1) is 12.8 Å². The van der Waals surface area contributed by atoms with E-state index in [1.54, 1.807) is 18.9 Å². The minimum atomic E-state index is 0.0426. The summed E-state index contributed by atoms with van der Waals surface area (Å²) in [4.78, 5) is 2.18. The van der Waals surface area contributed by atoms with E-state index in [4.69, 9.17) is 4.74 Å². The van der Waals surface area contributed by atoms with Crippen molar-refractivity contribution in [1.82, 2.24) is 15.5 Å². The number of methoxy groups -OCH3 is 1. The van der Waals surface area contributed by atoms with Crippen molar-refractivity contribution in [3.63, 3.8) is 0 Å². The first-order valence-electron chi connectivity index (χ1n) is 6.19. The molecule has 2 heterocycles. The molecule has 0 bridgehead atoms. The lowest BCUT2D eigenvalue weighted by Gasteiger charge is -2.30. The largest absolute Gasteiger partial charge is 0.491 e. The molecule has 0 amide bonds. The summed E-state index contributed by atoms with van der Waals surface area (Å²) in [6.07, 6.45) is 10.2. The van der Waals surface area contributed by atoms with Gasteiger partial charge in [0.1, 0.15) is 16.6 Å². The van der Waals surface area contributed by atoms with Crippen LogP contribution in [0.15, 0.2) is 59.1 Å². The maximum absolute atomic E-state index is 5.18. The third-order valence-electron chi connectivity index (χ3n) is 2.89. The van der Waals surface area contributed by atoms with Crippen LogP contribution < -0.4 is 10.6 Å². The molecule has 2 aliphatic rings. The van der Waals surface area contributed by atoms with Crippen molar-refractivity contribution >= 4 is 27.7 Å². The van der Waals surface area contributed by atoms with Crippen LogP contribution in [-0.2, 0) is 4.74 Å². The monoisotopic (exact) mass is 355 g/mol. The minimum Gasteiger partial charge on any atom is -0.491 e. The van der Waals surface area contributed by atoms with E-state index in [-0.39, 0.29) is 11.5 Å². The number of nitrogens with zero attached hydrogens (tertiary/aromatic N) is 1. The molecule has 108 valence electrons. The first-order chi connectivity index (χ1) is 9.65. The molecule has 6 heteroatoms. The van der Waals surface area contributed by atoms with Gasteiger partial charge in [-0.05, 0) is 34.7 Å². The Bertz CT molecular complexity index is 487. The smallest absolute Gasteiger partial charge is 0.147 e. The van der Waals surface area contributed by atoms with Crippen molar-refractivity contribution in [2.75, 3.05) is 13.7 Å². The third kappa shape index (κ3) is 3.50. The van der Waals surface area contributed by atoms with Crippen molar-refractivity contribution in [2.24, 2.45) is 0 Å². The molecule has 4 nitrogen and oxygen atoms in total. The van der Waals surface area contributed by atoms with Gasteiger partial charge in [-0.25, -0.2) is 0 Å². The normalized spacial score (nSPS) is 21.5. The van der Waals surface area contributed by atoms with Crippen LogP contribution in [0, 0.1) is 0 Å². The molecule has 2 atom stereocenters. The molecule has 2 N–H and O–H groups in total. The van der Waals surface area contributed by atoms with Gasteiger partial charge >= 0.3 is 0 Å². The summed E-state index contributed by atoms with van der Waals surface area (Å²) in [5, 5.41) is 7.46. The highest BCUT2D eigenvalue weighted by atomic mass is 79.9. The highest BCUT2D eigenvalue weighted by Gasteiger charge is 2.30. The van der Waals surface area contributed by atoms with Gasteiger partial charge in [-0.1, -0.05) is 17.8 Å². The number of hydrogen-bond donors (Lipinski definition) is 2. The number of rotatable bonds is 7. The molecule has 2 aliphatic heterocycles. The molecule has 0 radical (unpaired) electrons. The minimum absolute atomic E-state index is 0.0426. The Morgan fingerprint density at radius 1 is 1.75 bits per heavy atom. The summed E-state index contributed by atoms with van der Waals surface area (Å²) in [5.74, 6) is 0. The van der Waals surface area contributed by atoms with Gasteiger partial charge in [0.2, 0.25) is 0 Å². The van der Waals surface area contributed by atoms with Crippen LogP contribution >= 0.6 is 27.7 Å². The zero-order chi connectivity index (χ0) is 14.5. The summed E-state index contributed by atoms with van der Waals surface area (Å²) in [7, 11) is 1.63. The number of nitrogens with one attached hydrogen (secondary N) is 2. The average molecular weight is 356 g/mol. The van der Waals surface area contributed by atoms with Gasteiger partial charge in [-0.15, -0.1) is 6.58 Å². The quantitative estimate of drug-likeness (QED) is 0.417. The topological polar surface area (TPSA) is 36.5 Å². The Morgan fingerprint density at radius 2 is 2.55 bits per heavy atom. The van der Waals surface area contributed by atoms with Crippen molar-refractivity contribution in [1.29, 1.82) is 0 Å². The molecule has 0 aromatic carbocycles. The van der Waals surface area contributed by atoms with E-state index >= 15 is 0 Å². The second kappa shape index (κ2) is 7.06. The fourth-order valence-corrected chi connectivity index (χ4v) is 3.16. The van der Waals surface area contributed by atoms with Gasteiger partial charge < -0.3 is 15.0 Å². The highest BCUT2D eigenvalue weighted by Crippen LogP contribution is 2.32. The van der Waals surface area contributed by atoms with Crippen molar-refractivity contribution in [2.45, 2.75) is 11.5 Å². The van der Waals surface area contributed by atoms with Crippen LogP contribution in [0.3, 0.4) is 0 Å². The molecule has 2 rings (SSSR count). The molecule has 0 fully saturated rings. The maximum Gasteiger partial charge on any atom is 0.147 e. The Labute approximate surface area is 132 Å². The van der Waals surface area contributed by atoms with Crippen LogP contribution in [0.4, 0.5) is 0 Å². The van der Waals surface area contributed by atoms with Crippen LogP contribution in [-0.4, -0.2) is 30.1 Å². The maximum atomic E-state index is 5.18. The van der Waals surface area contributed by atoms with Crippen LogP contribution in [0.1, 0.15) is 0 Å². The van der Waals surface area contributed by atoms with Crippen molar-refractivity contribution < 1.29 is 4.74 Å². The highest BCUT2D eigenvalue weighted by molar-refractivity contribution is 9.11. The van der Waals surface area contributed by atoms with E-state index in [0.717, 1.165) is 10.2 Å². The molecule has 0 aromatic rings. The number of ether oxygens (including phenoxy) is 1.